The standard InChI is InChI=1S/C12H18N2OS/c1-3-4-16-8-12(15)14-11-6-9(2)5-10(13)7-11/h5-7H,3-4,8,13H2,1-2H3,(H,14,15). The van der Waals surface area contributed by atoms with Crippen molar-refractivity contribution >= 4 is 29.0 Å². The summed E-state index contributed by atoms with van der Waals surface area (Å²) in [7, 11) is 0. The molecule has 3 nitrogen and oxygen atoms in total. The first-order chi connectivity index (χ1) is 7.61. The van der Waals surface area contributed by atoms with Crippen molar-refractivity contribution < 1.29 is 4.79 Å². The first-order valence-corrected chi connectivity index (χ1v) is 6.52. The predicted molar refractivity (Wildman–Crippen MR) is 71.8 cm³/mol. The molecule has 0 radical (unpaired) electrons. The molecule has 16 heavy (non-hydrogen) atoms. The molecule has 0 saturated heterocycles. The van der Waals surface area contributed by atoms with Crippen LogP contribution in [0.4, 0.5) is 11.4 Å². The van der Waals surface area contributed by atoms with Crippen LogP contribution in [0.3, 0.4) is 0 Å². The number of aryl methyl sites for hydroxylation is 1. The number of hydrogen-bond acceptors (Lipinski definition) is 3. The molecule has 0 bridgehead atoms. The Labute approximate surface area is 101 Å². The summed E-state index contributed by atoms with van der Waals surface area (Å²) in [4.78, 5) is 11.5. The molecule has 3 N–H and O–H groups in total. The summed E-state index contributed by atoms with van der Waals surface area (Å²) in [5.74, 6) is 1.55. The van der Waals surface area contributed by atoms with Crippen LogP contribution in [-0.2, 0) is 4.79 Å². The molecule has 0 heterocycles. The highest BCUT2D eigenvalue weighted by Crippen LogP contribution is 2.16. The van der Waals surface area contributed by atoms with E-state index in [1.807, 2.05) is 19.1 Å². The Morgan fingerprint density at radius 2 is 2.19 bits per heavy atom. The van der Waals surface area contributed by atoms with Crippen LogP contribution in [0.25, 0.3) is 0 Å². The Balaban J connectivity index is 2.49. The van der Waals surface area contributed by atoms with Crippen LogP contribution in [-0.4, -0.2) is 17.4 Å². The molecule has 0 aliphatic heterocycles. The van der Waals surface area contributed by atoms with Crippen LogP contribution in [0.2, 0.25) is 0 Å². The largest absolute Gasteiger partial charge is 0.399 e. The number of amides is 1. The molecule has 0 unspecified atom stereocenters. The second kappa shape index (κ2) is 6.43. The molecule has 1 aromatic carbocycles. The Kier molecular flexibility index (Phi) is 5.19. The van der Waals surface area contributed by atoms with E-state index in [2.05, 4.69) is 12.2 Å². The summed E-state index contributed by atoms with van der Waals surface area (Å²) < 4.78 is 0. The lowest BCUT2D eigenvalue weighted by Crippen LogP contribution is -2.14. The fourth-order valence-corrected chi connectivity index (χ4v) is 2.08. The Morgan fingerprint density at radius 1 is 1.44 bits per heavy atom. The fraction of sp³-hybridized carbons (Fsp3) is 0.417. The van der Waals surface area contributed by atoms with Crippen LogP contribution in [0.15, 0.2) is 18.2 Å². The van der Waals surface area contributed by atoms with Crippen LogP contribution in [0.5, 0.6) is 0 Å². The highest BCUT2D eigenvalue weighted by atomic mass is 32.2. The minimum absolute atomic E-state index is 0.0310. The third-order valence-electron chi connectivity index (χ3n) is 1.97. The quantitative estimate of drug-likeness (QED) is 0.612. The van der Waals surface area contributed by atoms with Crippen LogP contribution in [0.1, 0.15) is 18.9 Å². The molecule has 1 rings (SSSR count). The van der Waals surface area contributed by atoms with Crippen molar-refractivity contribution in [2.45, 2.75) is 20.3 Å². The SMILES string of the molecule is CCCSCC(=O)Nc1cc(C)cc(N)c1. The Hall–Kier alpha value is -1.16. The van der Waals surface area contributed by atoms with Crippen LogP contribution in [0, 0.1) is 6.92 Å². The molecule has 4 heteroatoms. The van der Waals surface area contributed by atoms with Crippen molar-refractivity contribution in [3.05, 3.63) is 23.8 Å². The number of rotatable bonds is 5. The number of hydrogen-bond donors (Lipinski definition) is 2. The smallest absolute Gasteiger partial charge is 0.234 e. The van der Waals surface area contributed by atoms with Crippen molar-refractivity contribution in [3.63, 3.8) is 0 Å². The number of carbonyl (C=O) groups is 1. The number of thioether (sulfide) groups is 1. The zero-order valence-corrected chi connectivity index (χ0v) is 10.6. The highest BCUT2D eigenvalue weighted by molar-refractivity contribution is 7.99. The number of anilines is 2. The van der Waals surface area contributed by atoms with Crippen molar-refractivity contribution in [2.75, 3.05) is 22.6 Å². The molecule has 0 aromatic heterocycles. The minimum atomic E-state index is 0.0310. The van der Waals surface area contributed by atoms with Gasteiger partial charge < -0.3 is 11.1 Å². The van der Waals surface area contributed by atoms with Gasteiger partial charge in [0.05, 0.1) is 5.75 Å². The van der Waals surface area contributed by atoms with Crippen molar-refractivity contribution in [2.24, 2.45) is 0 Å². The summed E-state index contributed by atoms with van der Waals surface area (Å²) >= 11 is 1.65. The first-order valence-electron chi connectivity index (χ1n) is 5.36. The minimum Gasteiger partial charge on any atom is -0.399 e. The lowest BCUT2D eigenvalue weighted by Gasteiger charge is -2.07. The summed E-state index contributed by atoms with van der Waals surface area (Å²) in [5.41, 5.74) is 8.21. The van der Waals surface area contributed by atoms with Gasteiger partial charge in [-0.3, -0.25) is 4.79 Å². The van der Waals surface area contributed by atoms with Gasteiger partial charge in [0.25, 0.3) is 0 Å². The number of benzene rings is 1. The molecule has 0 fully saturated rings. The average Bonchev–Trinajstić information content (AvgIpc) is 2.16. The summed E-state index contributed by atoms with van der Waals surface area (Å²) in [6, 6.07) is 5.57. The molecule has 0 aliphatic carbocycles. The third-order valence-corrected chi connectivity index (χ3v) is 3.13. The summed E-state index contributed by atoms with van der Waals surface area (Å²) in [6.45, 7) is 4.06. The van der Waals surface area contributed by atoms with Gasteiger partial charge in [-0.1, -0.05) is 6.92 Å². The number of nitrogen functional groups attached to an aromatic ring is 1. The lowest BCUT2D eigenvalue weighted by molar-refractivity contribution is -0.113. The molecule has 0 spiro atoms. The molecular formula is C12H18N2OS. The van der Waals surface area contributed by atoms with Crippen molar-refractivity contribution in [3.8, 4) is 0 Å². The maximum absolute atomic E-state index is 11.5. The summed E-state index contributed by atoms with van der Waals surface area (Å²) in [6.07, 6.45) is 1.09. The second-order valence-corrected chi connectivity index (χ2v) is 4.84. The lowest BCUT2D eigenvalue weighted by atomic mass is 10.2. The number of nitrogens with one attached hydrogen (secondary N) is 1. The van der Waals surface area contributed by atoms with Gasteiger partial charge in [-0.15, -0.1) is 0 Å². The van der Waals surface area contributed by atoms with Gasteiger partial charge in [-0.05, 0) is 42.9 Å². The zero-order chi connectivity index (χ0) is 12.0. The third kappa shape index (κ3) is 4.57. The molecule has 1 aromatic rings. The van der Waals surface area contributed by atoms with E-state index in [-0.39, 0.29) is 5.91 Å². The number of carbonyl (C=O) groups excluding carboxylic acids is 1. The van der Waals surface area contributed by atoms with Crippen LogP contribution < -0.4 is 11.1 Å². The molecule has 0 atom stereocenters. The van der Waals surface area contributed by atoms with Crippen molar-refractivity contribution in [1.29, 1.82) is 0 Å². The maximum Gasteiger partial charge on any atom is 0.234 e. The molecule has 0 aliphatic rings. The van der Waals surface area contributed by atoms with Gasteiger partial charge in [0.15, 0.2) is 0 Å². The van der Waals surface area contributed by atoms with Gasteiger partial charge in [0, 0.05) is 11.4 Å². The molecule has 0 saturated carbocycles. The van der Waals surface area contributed by atoms with E-state index in [4.69, 9.17) is 5.73 Å². The maximum atomic E-state index is 11.5. The van der Waals surface area contributed by atoms with Gasteiger partial charge in [0.2, 0.25) is 5.91 Å². The van der Waals surface area contributed by atoms with E-state index in [0.717, 1.165) is 23.4 Å². The second-order valence-electron chi connectivity index (χ2n) is 3.73. The van der Waals surface area contributed by atoms with Gasteiger partial charge in [0.1, 0.15) is 0 Å². The topological polar surface area (TPSA) is 55.1 Å². The zero-order valence-electron chi connectivity index (χ0n) is 9.75. The first kappa shape index (κ1) is 12.9. The van der Waals surface area contributed by atoms with E-state index in [1.54, 1.807) is 17.8 Å². The monoisotopic (exact) mass is 238 g/mol. The molecular weight excluding hydrogens is 220 g/mol. The van der Waals surface area contributed by atoms with E-state index < -0.39 is 0 Å². The van der Waals surface area contributed by atoms with Crippen molar-refractivity contribution in [1.82, 2.24) is 0 Å². The van der Waals surface area contributed by atoms with E-state index in [1.165, 1.54) is 0 Å². The molecule has 88 valence electrons. The normalized spacial score (nSPS) is 10.1. The van der Waals surface area contributed by atoms with Gasteiger partial charge in [-0.2, -0.15) is 11.8 Å². The average molecular weight is 238 g/mol. The van der Waals surface area contributed by atoms with Gasteiger partial charge >= 0.3 is 0 Å². The molecule has 1 amide bonds. The predicted octanol–water partition coefficient (Wildman–Crippen LogP) is 2.66. The van der Waals surface area contributed by atoms with E-state index >= 15 is 0 Å². The number of nitrogens with two attached hydrogens (primary N) is 1. The highest BCUT2D eigenvalue weighted by Gasteiger charge is 2.03. The van der Waals surface area contributed by atoms with Gasteiger partial charge in [-0.25, -0.2) is 0 Å². The summed E-state index contributed by atoms with van der Waals surface area (Å²) in [5, 5.41) is 2.84. The fourth-order valence-electron chi connectivity index (χ4n) is 1.39. The Bertz CT molecular complexity index is 346. The van der Waals surface area contributed by atoms with E-state index in [0.29, 0.717) is 11.4 Å². The Morgan fingerprint density at radius 3 is 2.81 bits per heavy atom. The van der Waals surface area contributed by atoms with Crippen LogP contribution >= 0.6 is 11.8 Å². The van der Waals surface area contributed by atoms with E-state index in [9.17, 15) is 4.79 Å².